The zero-order chi connectivity index (χ0) is 22.4. The van der Waals surface area contributed by atoms with Crippen LogP contribution in [0.25, 0.3) is 27.9 Å². The summed E-state index contributed by atoms with van der Waals surface area (Å²) in [6, 6.07) is 13.1. The highest BCUT2D eigenvalue weighted by Gasteiger charge is 2.31. The van der Waals surface area contributed by atoms with Crippen LogP contribution in [-0.2, 0) is 14.1 Å². The third-order valence-corrected chi connectivity index (χ3v) is 5.65. The van der Waals surface area contributed by atoms with E-state index >= 15 is 0 Å². The summed E-state index contributed by atoms with van der Waals surface area (Å²) in [7, 11) is 5.01. The van der Waals surface area contributed by atoms with E-state index in [9.17, 15) is 9.59 Å². The van der Waals surface area contributed by atoms with Crippen molar-refractivity contribution in [3.8, 4) is 11.3 Å². The molecule has 0 aliphatic heterocycles. The molecule has 3 heterocycles. The summed E-state index contributed by atoms with van der Waals surface area (Å²) < 4.78 is 10.6. The summed E-state index contributed by atoms with van der Waals surface area (Å²) in [6.45, 7) is 7.96. The standard InChI is InChI=1S/C24H26N4O3/c1-14(2)28-20(16-10-8-7-9-11-16)18-21(26(5)24(30)27(6)23(18)29)22(28)19(25-4)17-13-12-15(3)31-17/h7-13,19,25H,1H2,2-6H3. The van der Waals surface area contributed by atoms with E-state index in [0.29, 0.717) is 22.4 Å². The molecule has 1 N–H and O–H groups in total. The number of hydrogen-bond acceptors (Lipinski definition) is 4. The van der Waals surface area contributed by atoms with E-state index in [1.165, 1.54) is 11.6 Å². The first-order valence-electron chi connectivity index (χ1n) is 10.1. The lowest BCUT2D eigenvalue weighted by atomic mass is 10.1. The average Bonchev–Trinajstić information content (AvgIpc) is 3.34. The van der Waals surface area contributed by atoms with E-state index in [1.807, 2.05) is 67.9 Å². The molecule has 0 fully saturated rings. The molecule has 31 heavy (non-hydrogen) atoms. The van der Waals surface area contributed by atoms with Crippen molar-refractivity contribution in [1.29, 1.82) is 0 Å². The van der Waals surface area contributed by atoms with Crippen LogP contribution < -0.4 is 16.6 Å². The number of benzene rings is 1. The van der Waals surface area contributed by atoms with Crippen molar-refractivity contribution in [2.75, 3.05) is 7.05 Å². The fourth-order valence-electron chi connectivity index (χ4n) is 4.25. The van der Waals surface area contributed by atoms with Gasteiger partial charge in [0, 0.05) is 19.8 Å². The Balaban J connectivity index is 2.28. The molecule has 0 spiro atoms. The van der Waals surface area contributed by atoms with Crippen LogP contribution in [0.3, 0.4) is 0 Å². The molecule has 0 bridgehead atoms. The molecule has 160 valence electrons. The van der Waals surface area contributed by atoms with E-state index in [4.69, 9.17) is 4.42 Å². The van der Waals surface area contributed by atoms with Gasteiger partial charge in [0.25, 0.3) is 5.56 Å². The van der Waals surface area contributed by atoms with Crippen molar-refractivity contribution in [2.24, 2.45) is 14.1 Å². The molecule has 4 rings (SSSR count). The topological polar surface area (TPSA) is 74.1 Å². The lowest BCUT2D eigenvalue weighted by molar-refractivity contribution is 0.439. The van der Waals surface area contributed by atoms with Crippen molar-refractivity contribution >= 4 is 16.6 Å². The van der Waals surface area contributed by atoms with Crippen molar-refractivity contribution in [1.82, 2.24) is 19.0 Å². The van der Waals surface area contributed by atoms with Crippen LogP contribution >= 0.6 is 0 Å². The summed E-state index contributed by atoms with van der Waals surface area (Å²) in [6.07, 6.45) is 0. The lowest BCUT2D eigenvalue weighted by Gasteiger charge is -2.20. The van der Waals surface area contributed by atoms with Gasteiger partial charge in [-0.3, -0.25) is 13.9 Å². The summed E-state index contributed by atoms with van der Waals surface area (Å²) in [4.78, 5) is 26.3. The highest BCUT2D eigenvalue weighted by molar-refractivity contribution is 5.98. The molecule has 4 aromatic rings. The highest BCUT2D eigenvalue weighted by Crippen LogP contribution is 2.38. The summed E-state index contributed by atoms with van der Waals surface area (Å²) in [5, 5.41) is 3.77. The van der Waals surface area contributed by atoms with Gasteiger partial charge in [-0.25, -0.2) is 4.79 Å². The molecular weight excluding hydrogens is 392 g/mol. The zero-order valence-electron chi connectivity index (χ0n) is 18.4. The molecular formula is C24H26N4O3. The highest BCUT2D eigenvalue weighted by atomic mass is 16.3. The number of nitrogens with one attached hydrogen (secondary N) is 1. The third kappa shape index (κ3) is 3.09. The fourth-order valence-corrected chi connectivity index (χ4v) is 4.25. The number of nitrogens with zero attached hydrogens (tertiary/aromatic N) is 3. The van der Waals surface area contributed by atoms with Crippen LogP contribution in [0.2, 0.25) is 0 Å². The molecule has 7 nitrogen and oxygen atoms in total. The van der Waals surface area contributed by atoms with E-state index in [0.717, 1.165) is 27.3 Å². The maximum Gasteiger partial charge on any atom is 0.331 e. The zero-order valence-corrected chi connectivity index (χ0v) is 18.4. The maximum atomic E-state index is 13.4. The smallest absolute Gasteiger partial charge is 0.331 e. The van der Waals surface area contributed by atoms with E-state index in [2.05, 4.69) is 11.9 Å². The van der Waals surface area contributed by atoms with Crippen molar-refractivity contribution in [3.05, 3.63) is 87.1 Å². The first kappa shape index (κ1) is 20.7. The minimum atomic E-state index is -0.400. The Morgan fingerprint density at radius 2 is 1.74 bits per heavy atom. The molecule has 0 aliphatic rings. The normalized spacial score (nSPS) is 12.4. The largest absolute Gasteiger partial charge is 0.464 e. The van der Waals surface area contributed by atoms with Crippen LogP contribution in [0.5, 0.6) is 0 Å². The number of fused-ring (bicyclic) bond motifs is 1. The first-order valence-corrected chi connectivity index (χ1v) is 10.1. The van der Waals surface area contributed by atoms with Crippen LogP contribution in [0.4, 0.5) is 0 Å². The molecule has 0 aliphatic carbocycles. The van der Waals surface area contributed by atoms with Crippen LogP contribution in [0.15, 0.2) is 63.0 Å². The van der Waals surface area contributed by atoms with Gasteiger partial charge in [0.1, 0.15) is 17.6 Å². The average molecular weight is 418 g/mol. The minimum absolute atomic E-state index is 0.344. The summed E-state index contributed by atoms with van der Waals surface area (Å²) >= 11 is 0. The molecule has 1 atom stereocenters. The second-order valence-corrected chi connectivity index (χ2v) is 7.77. The number of hydrogen-bond donors (Lipinski definition) is 1. The Morgan fingerprint density at radius 1 is 1.06 bits per heavy atom. The Kier molecular flexibility index (Phi) is 5.07. The van der Waals surface area contributed by atoms with Gasteiger partial charge in [-0.15, -0.1) is 0 Å². The van der Waals surface area contributed by atoms with Gasteiger partial charge in [0.05, 0.1) is 22.3 Å². The van der Waals surface area contributed by atoms with Gasteiger partial charge in [-0.1, -0.05) is 36.9 Å². The van der Waals surface area contributed by atoms with Crippen molar-refractivity contribution < 1.29 is 4.42 Å². The predicted octanol–water partition coefficient (Wildman–Crippen LogP) is 3.41. The molecule has 0 radical (unpaired) electrons. The van der Waals surface area contributed by atoms with Crippen LogP contribution in [0, 0.1) is 6.92 Å². The second-order valence-electron chi connectivity index (χ2n) is 7.77. The Morgan fingerprint density at radius 3 is 2.29 bits per heavy atom. The molecule has 3 aromatic heterocycles. The second kappa shape index (κ2) is 7.59. The predicted molar refractivity (Wildman–Crippen MR) is 123 cm³/mol. The maximum absolute atomic E-state index is 13.4. The quantitative estimate of drug-likeness (QED) is 0.539. The Labute approximate surface area is 179 Å². The van der Waals surface area contributed by atoms with Gasteiger partial charge >= 0.3 is 5.69 Å². The summed E-state index contributed by atoms with van der Waals surface area (Å²) in [5.74, 6) is 1.47. The minimum Gasteiger partial charge on any atom is -0.464 e. The van der Waals surface area contributed by atoms with E-state index < -0.39 is 6.04 Å². The third-order valence-electron chi connectivity index (χ3n) is 5.65. The monoisotopic (exact) mass is 418 g/mol. The molecule has 1 unspecified atom stereocenters. The van der Waals surface area contributed by atoms with Gasteiger partial charge in [0.2, 0.25) is 0 Å². The molecule has 7 heteroatoms. The fraction of sp³-hybridized carbons (Fsp3) is 0.250. The Bertz CT molecular complexity index is 1420. The van der Waals surface area contributed by atoms with Gasteiger partial charge in [-0.2, -0.15) is 0 Å². The van der Waals surface area contributed by atoms with Crippen molar-refractivity contribution in [2.45, 2.75) is 19.9 Å². The molecule has 0 amide bonds. The Hall–Kier alpha value is -3.58. The number of rotatable bonds is 5. The lowest BCUT2D eigenvalue weighted by Crippen LogP contribution is -2.37. The number of furan rings is 1. The molecule has 0 saturated carbocycles. The van der Waals surface area contributed by atoms with Crippen molar-refractivity contribution in [3.63, 3.8) is 0 Å². The summed E-state index contributed by atoms with van der Waals surface area (Å²) in [5.41, 5.74) is 2.86. The molecule has 1 aromatic carbocycles. The van der Waals surface area contributed by atoms with Crippen LogP contribution in [0.1, 0.15) is 30.2 Å². The van der Waals surface area contributed by atoms with Gasteiger partial charge in [0.15, 0.2) is 0 Å². The first-order chi connectivity index (χ1) is 14.8. The van der Waals surface area contributed by atoms with E-state index in [-0.39, 0.29) is 11.2 Å². The van der Waals surface area contributed by atoms with Gasteiger partial charge in [-0.05, 0) is 38.6 Å². The number of allylic oxidation sites excluding steroid dienone is 1. The number of aromatic nitrogens is 3. The van der Waals surface area contributed by atoms with E-state index in [1.54, 1.807) is 7.05 Å². The number of aryl methyl sites for hydroxylation is 2. The SMILES string of the molecule is C=C(C)n1c(-c2ccccc2)c2c(=O)n(C)c(=O)n(C)c2c1C(NC)c1ccc(C)o1. The van der Waals surface area contributed by atoms with Crippen LogP contribution in [-0.4, -0.2) is 20.7 Å². The van der Waals surface area contributed by atoms with Gasteiger partial charge < -0.3 is 14.3 Å². The molecule has 0 saturated heterocycles.